The Morgan fingerprint density at radius 3 is 0.682 bits per heavy atom. The van der Waals surface area contributed by atoms with E-state index in [-0.39, 0.29) is 10.8 Å². The molecule has 0 heterocycles. The smallest absolute Gasteiger partial charge is 0.337 e. The third-order valence-electron chi connectivity index (χ3n) is 6.17. The van der Waals surface area contributed by atoms with Gasteiger partial charge in [0.25, 0.3) is 0 Å². The third kappa shape index (κ3) is 5.66. The molecule has 0 amide bonds. The summed E-state index contributed by atoms with van der Waals surface area (Å²) in [7, 11) is 0. The summed E-state index contributed by atoms with van der Waals surface area (Å²) < 4.78 is 0. The highest BCUT2D eigenvalue weighted by Crippen LogP contribution is 2.31. The number of aromatic carboxylic acids is 8. The van der Waals surface area contributed by atoms with E-state index in [1.54, 1.807) is 0 Å². The van der Waals surface area contributed by atoms with Crippen LogP contribution in [0.2, 0.25) is 0 Å². The molecule has 4 aromatic carbocycles. The van der Waals surface area contributed by atoms with Crippen LogP contribution in [0.25, 0.3) is 21.5 Å². The Bertz CT molecular complexity index is 1780. The molecule has 8 N–H and O–H groups in total. The molecule has 0 aliphatic rings. The molecule has 0 aromatic heterocycles. The van der Waals surface area contributed by atoms with Gasteiger partial charge in [0.2, 0.25) is 0 Å². The first-order valence-electron chi connectivity index (χ1n) is 11.6. The first kappa shape index (κ1) is 31.7. The maximum Gasteiger partial charge on any atom is 0.337 e. The van der Waals surface area contributed by atoms with E-state index in [1.165, 1.54) is 0 Å². The molecule has 0 fully saturated rings. The van der Waals surface area contributed by atoms with Gasteiger partial charge in [0, 0.05) is 10.8 Å². The minimum atomic E-state index is -1.55. The van der Waals surface area contributed by atoms with Gasteiger partial charge in [-0.25, -0.2) is 38.4 Å². The number of hydrogen-bond donors (Lipinski definition) is 8. The van der Waals surface area contributed by atoms with E-state index in [4.69, 9.17) is 30.6 Å². The van der Waals surface area contributed by atoms with Crippen molar-refractivity contribution in [1.29, 1.82) is 0 Å². The summed E-state index contributed by atoms with van der Waals surface area (Å²) in [4.78, 5) is 89.9. The first-order chi connectivity index (χ1) is 20.5. The lowest BCUT2D eigenvalue weighted by Gasteiger charge is -2.11. The van der Waals surface area contributed by atoms with Crippen LogP contribution in [-0.4, -0.2) is 88.6 Å². The number of hydrogen-bond acceptors (Lipinski definition) is 8. The van der Waals surface area contributed by atoms with E-state index in [0.29, 0.717) is 0 Å². The van der Waals surface area contributed by atoms with Crippen molar-refractivity contribution in [2.24, 2.45) is 0 Å². The minimum absolute atomic E-state index is 0.158. The second kappa shape index (κ2) is 12.0. The summed E-state index contributed by atoms with van der Waals surface area (Å²) in [6.45, 7) is 0. The molecular weight excluding hydrogens is 592 g/mol. The summed E-state index contributed by atoms with van der Waals surface area (Å²) in [5, 5.41) is 71.9. The second-order valence-corrected chi connectivity index (χ2v) is 8.58. The van der Waals surface area contributed by atoms with Gasteiger partial charge in [0.05, 0.1) is 44.5 Å². The quantitative estimate of drug-likeness (QED) is 0.142. The van der Waals surface area contributed by atoms with Crippen LogP contribution in [0.4, 0.5) is 0 Å². The van der Waals surface area contributed by atoms with E-state index in [1.807, 2.05) is 0 Å². The van der Waals surface area contributed by atoms with Gasteiger partial charge in [-0.2, -0.15) is 0 Å². The maximum atomic E-state index is 11.3. The van der Waals surface area contributed by atoms with E-state index in [9.17, 15) is 48.6 Å². The van der Waals surface area contributed by atoms with Crippen molar-refractivity contribution < 1.29 is 79.2 Å². The summed E-state index contributed by atoms with van der Waals surface area (Å²) in [5.74, 6) is -12.1. The number of carboxylic acids is 8. The third-order valence-corrected chi connectivity index (χ3v) is 6.17. The standard InChI is InChI=1S/2C14H8O8/c15-11(16)7-3-1-5-6(10(7)14(21)22)2-4-8(12(17)18)9(5)13(19)20;15-11(16)5-1-2-6(12(17)18)10-8(14(21)22)4-3-7(9(5)10)13(19)20/h2*1-4H,(H,15,16)(H,17,18)(H,19,20)(H,21,22). The molecule has 0 bridgehead atoms. The molecule has 0 unspecified atom stereocenters. The van der Waals surface area contributed by atoms with Crippen molar-refractivity contribution in [1.82, 2.24) is 0 Å². The average molecular weight is 608 g/mol. The van der Waals surface area contributed by atoms with E-state index >= 15 is 0 Å². The Morgan fingerprint density at radius 1 is 0.295 bits per heavy atom. The predicted molar refractivity (Wildman–Crippen MR) is 144 cm³/mol. The molecule has 0 aliphatic heterocycles. The lowest BCUT2D eigenvalue weighted by Crippen LogP contribution is -2.12. The van der Waals surface area contributed by atoms with Crippen molar-refractivity contribution >= 4 is 69.3 Å². The maximum absolute atomic E-state index is 11.3. The molecule has 4 aromatic rings. The zero-order chi connectivity index (χ0) is 33.2. The van der Waals surface area contributed by atoms with Gasteiger partial charge >= 0.3 is 47.8 Å². The Kier molecular flexibility index (Phi) is 8.61. The Labute approximate surface area is 241 Å². The lowest BCUT2D eigenvalue weighted by atomic mass is 9.91. The van der Waals surface area contributed by atoms with Gasteiger partial charge in [-0.1, -0.05) is 12.1 Å². The summed E-state index contributed by atoms with van der Waals surface area (Å²) >= 11 is 0. The van der Waals surface area contributed by atoms with Crippen LogP contribution in [0.5, 0.6) is 0 Å². The van der Waals surface area contributed by atoms with E-state index in [0.717, 1.165) is 48.5 Å². The van der Waals surface area contributed by atoms with Gasteiger partial charge in [-0.05, 0) is 47.2 Å². The Hall–Kier alpha value is -6.84. The summed E-state index contributed by atoms with van der Waals surface area (Å²) in [6, 6.07) is 7.79. The SMILES string of the molecule is O=C(O)c1ccc(C(=O)O)c2c(C(=O)O)ccc(C(=O)O)c12.O=C(O)c1ccc2c(C(=O)O)c(C(=O)O)ccc2c1C(=O)O. The van der Waals surface area contributed by atoms with Gasteiger partial charge in [0.15, 0.2) is 0 Å². The largest absolute Gasteiger partial charge is 0.478 e. The lowest BCUT2D eigenvalue weighted by molar-refractivity contribution is 0.0651. The molecule has 44 heavy (non-hydrogen) atoms. The Morgan fingerprint density at radius 2 is 0.500 bits per heavy atom. The Balaban J connectivity index is 0.000000240. The zero-order valence-corrected chi connectivity index (χ0v) is 21.5. The first-order valence-corrected chi connectivity index (χ1v) is 11.6. The fourth-order valence-corrected chi connectivity index (χ4v) is 4.43. The highest BCUT2D eigenvalue weighted by Gasteiger charge is 2.26. The van der Waals surface area contributed by atoms with Gasteiger partial charge in [0.1, 0.15) is 0 Å². The molecule has 0 spiro atoms. The molecule has 4 rings (SSSR count). The molecule has 16 heteroatoms. The van der Waals surface area contributed by atoms with Crippen LogP contribution in [0.1, 0.15) is 82.9 Å². The van der Waals surface area contributed by atoms with Gasteiger partial charge in [-0.15, -0.1) is 0 Å². The van der Waals surface area contributed by atoms with Crippen molar-refractivity contribution in [2.75, 3.05) is 0 Å². The topological polar surface area (TPSA) is 298 Å². The fourth-order valence-electron chi connectivity index (χ4n) is 4.43. The molecule has 0 saturated carbocycles. The normalized spacial score (nSPS) is 10.4. The van der Waals surface area contributed by atoms with Crippen molar-refractivity contribution in [3.8, 4) is 0 Å². The number of fused-ring (bicyclic) bond motifs is 2. The zero-order valence-electron chi connectivity index (χ0n) is 21.5. The highest BCUT2D eigenvalue weighted by atomic mass is 16.4. The molecule has 0 radical (unpaired) electrons. The summed E-state index contributed by atoms with van der Waals surface area (Å²) in [6.07, 6.45) is 0. The highest BCUT2D eigenvalue weighted by molar-refractivity contribution is 6.22. The van der Waals surface area contributed by atoms with E-state index in [2.05, 4.69) is 0 Å². The van der Waals surface area contributed by atoms with Crippen molar-refractivity contribution in [3.05, 3.63) is 93.0 Å². The molecule has 0 aliphatic carbocycles. The van der Waals surface area contributed by atoms with Crippen molar-refractivity contribution in [3.63, 3.8) is 0 Å². The number of rotatable bonds is 8. The van der Waals surface area contributed by atoms with Crippen LogP contribution in [-0.2, 0) is 0 Å². The van der Waals surface area contributed by atoms with Crippen LogP contribution in [0.15, 0.2) is 48.5 Å². The second-order valence-electron chi connectivity index (χ2n) is 8.58. The van der Waals surface area contributed by atoms with Crippen LogP contribution < -0.4 is 0 Å². The fraction of sp³-hybridized carbons (Fsp3) is 0. The van der Waals surface area contributed by atoms with E-state index < -0.39 is 103 Å². The molecule has 224 valence electrons. The number of carboxylic acid groups (broad SMARTS) is 8. The molecule has 16 nitrogen and oxygen atoms in total. The monoisotopic (exact) mass is 608 g/mol. The summed E-state index contributed by atoms with van der Waals surface area (Å²) in [5.41, 5.74) is -4.16. The molecule has 0 saturated heterocycles. The molecular formula is C28H16O16. The van der Waals surface area contributed by atoms with Crippen LogP contribution >= 0.6 is 0 Å². The number of carbonyl (C=O) groups is 8. The average Bonchev–Trinajstić information content (AvgIpc) is 2.93. The minimum Gasteiger partial charge on any atom is -0.478 e. The number of benzene rings is 4. The molecule has 0 atom stereocenters. The van der Waals surface area contributed by atoms with Crippen LogP contribution in [0.3, 0.4) is 0 Å². The predicted octanol–water partition coefficient (Wildman–Crippen LogP) is 3.27. The van der Waals surface area contributed by atoms with Gasteiger partial charge in [-0.3, -0.25) is 0 Å². The van der Waals surface area contributed by atoms with Gasteiger partial charge < -0.3 is 40.9 Å². The van der Waals surface area contributed by atoms with Crippen LogP contribution in [0, 0.1) is 0 Å². The van der Waals surface area contributed by atoms with Crippen molar-refractivity contribution in [2.45, 2.75) is 0 Å².